The smallest absolute Gasteiger partial charge is 0.324 e. The molecule has 2 aliphatic carbocycles. The number of para-hydroxylation sites is 2. The van der Waals surface area contributed by atoms with Crippen LogP contribution in [0.4, 0.5) is 13.2 Å². The molecule has 0 amide bonds. The predicted molar refractivity (Wildman–Crippen MR) is 192 cm³/mol. The van der Waals surface area contributed by atoms with E-state index in [1.165, 1.54) is 6.07 Å². The molecule has 0 radical (unpaired) electrons. The van der Waals surface area contributed by atoms with Crippen LogP contribution in [0.3, 0.4) is 0 Å². The van der Waals surface area contributed by atoms with Crippen molar-refractivity contribution in [2.24, 2.45) is 9.98 Å². The van der Waals surface area contributed by atoms with Crippen molar-refractivity contribution >= 4 is 44.6 Å². The highest BCUT2D eigenvalue weighted by molar-refractivity contribution is 7.92. The molecule has 51 heavy (non-hydrogen) atoms. The van der Waals surface area contributed by atoms with Crippen molar-refractivity contribution in [3.05, 3.63) is 166 Å². The maximum Gasteiger partial charge on any atom is 0.501 e. The highest BCUT2D eigenvalue weighted by atomic mass is 32.2. The van der Waals surface area contributed by atoms with Gasteiger partial charge in [-0.15, -0.1) is 0 Å². The molecule has 1 aromatic heterocycles. The summed E-state index contributed by atoms with van der Waals surface area (Å²) >= 11 is 0. The second-order valence-corrected chi connectivity index (χ2v) is 14.5. The van der Waals surface area contributed by atoms with E-state index in [1.807, 2.05) is 72.8 Å². The monoisotopic (exact) mass is 699 g/mol. The van der Waals surface area contributed by atoms with Gasteiger partial charge in [0, 0.05) is 27.4 Å². The number of rotatable bonds is 5. The van der Waals surface area contributed by atoms with E-state index < -0.39 is 26.5 Å². The largest absolute Gasteiger partial charge is 0.501 e. The Morgan fingerprint density at radius 2 is 1.41 bits per heavy atom. The van der Waals surface area contributed by atoms with Gasteiger partial charge in [-0.2, -0.15) is 13.2 Å². The molecule has 4 aromatic carbocycles. The van der Waals surface area contributed by atoms with Crippen molar-refractivity contribution in [1.29, 1.82) is 0 Å². The van der Waals surface area contributed by atoms with E-state index in [0.29, 0.717) is 5.84 Å². The van der Waals surface area contributed by atoms with Crippen molar-refractivity contribution in [3.63, 3.8) is 0 Å². The second kappa shape index (κ2) is 11.6. The minimum atomic E-state index is -5.59. The molecule has 5 aromatic rings. The van der Waals surface area contributed by atoms with Crippen LogP contribution in [0.5, 0.6) is 0 Å². The Morgan fingerprint density at radius 3 is 2.18 bits per heavy atom. The lowest BCUT2D eigenvalue weighted by Crippen LogP contribution is -2.50. The Balaban J connectivity index is 1.23. The highest BCUT2D eigenvalue weighted by Gasteiger charge is 2.47. The summed E-state index contributed by atoms with van der Waals surface area (Å²) in [5.74, 6) is 0.667. The third-order valence-corrected chi connectivity index (χ3v) is 11.1. The van der Waals surface area contributed by atoms with E-state index >= 15 is 0 Å². The molecular weight excluding hydrogens is 672 g/mol. The lowest BCUT2D eigenvalue weighted by Gasteiger charge is -2.35. The number of aromatic nitrogens is 1. The molecule has 0 bridgehead atoms. The lowest BCUT2D eigenvalue weighted by molar-refractivity contribution is -0.0436. The molecule has 9 rings (SSSR count). The van der Waals surface area contributed by atoms with Gasteiger partial charge in [0.2, 0.25) is 6.29 Å². The molecule has 3 heterocycles. The summed E-state index contributed by atoms with van der Waals surface area (Å²) in [5, 5.41) is 6.44. The number of aliphatic imine (C=N–C) groups is 2. The van der Waals surface area contributed by atoms with Crippen molar-refractivity contribution in [1.82, 2.24) is 14.8 Å². The third kappa shape index (κ3) is 5.03. The van der Waals surface area contributed by atoms with E-state index in [0.717, 1.165) is 56.0 Å². The van der Waals surface area contributed by atoms with Gasteiger partial charge in [-0.25, -0.2) is 23.3 Å². The summed E-state index contributed by atoms with van der Waals surface area (Å²) in [6, 6.07) is 32.2. The van der Waals surface area contributed by atoms with Crippen LogP contribution in [0.15, 0.2) is 160 Å². The number of amidine groups is 2. The van der Waals surface area contributed by atoms with Crippen LogP contribution in [-0.4, -0.2) is 53.4 Å². The summed E-state index contributed by atoms with van der Waals surface area (Å²) in [6.45, 7) is 0. The van der Waals surface area contributed by atoms with Crippen LogP contribution in [0, 0.1) is 0 Å². The molecule has 252 valence electrons. The van der Waals surface area contributed by atoms with Crippen LogP contribution in [0.1, 0.15) is 11.1 Å². The van der Waals surface area contributed by atoms with Crippen LogP contribution < -0.4 is 15.9 Å². The van der Waals surface area contributed by atoms with Gasteiger partial charge in [0.05, 0.1) is 27.8 Å². The minimum absolute atomic E-state index is 0.188. The number of benzene rings is 4. The first-order valence-electron chi connectivity index (χ1n) is 16.3. The van der Waals surface area contributed by atoms with Gasteiger partial charge >= 0.3 is 5.51 Å². The first-order chi connectivity index (χ1) is 24.7. The average molecular weight is 700 g/mol. The minimum Gasteiger partial charge on any atom is -0.324 e. The Kier molecular flexibility index (Phi) is 7.13. The summed E-state index contributed by atoms with van der Waals surface area (Å²) in [7, 11) is -5.59. The molecule has 0 saturated carbocycles. The Morgan fingerprint density at radius 1 is 0.725 bits per heavy atom. The fraction of sp³-hybridized carbons (Fsp3) is 0.100. The number of allylic oxidation sites excluding steroid dienone is 2. The summed E-state index contributed by atoms with van der Waals surface area (Å²) < 4.78 is 67.8. The predicted octanol–water partition coefficient (Wildman–Crippen LogP) is 5.75. The summed E-state index contributed by atoms with van der Waals surface area (Å²) in [6.07, 6.45) is 11.9. The van der Waals surface area contributed by atoms with E-state index in [2.05, 4.69) is 63.4 Å². The van der Waals surface area contributed by atoms with Crippen LogP contribution in [-0.2, 0) is 9.84 Å². The zero-order chi connectivity index (χ0) is 34.9. The fourth-order valence-electron chi connectivity index (χ4n) is 7.36. The van der Waals surface area contributed by atoms with Crippen molar-refractivity contribution < 1.29 is 21.6 Å². The van der Waals surface area contributed by atoms with Gasteiger partial charge in [-0.05, 0) is 47.6 Å². The molecule has 0 fully saturated rings. The average Bonchev–Trinajstić information content (AvgIpc) is 3.66. The van der Waals surface area contributed by atoms with E-state index in [-0.39, 0.29) is 23.5 Å². The molecule has 4 aliphatic rings. The SMILES string of the molecule is O=S(=O)(c1cccc(C2=NC(N3C4C=CC=CC4=C4C=c5c(c6ccccc6n5-c5ccccc5)=CC43)N=C(c3ccccc3)N2)c1)C(F)(F)F. The molecule has 11 heteroatoms. The fourth-order valence-corrected chi connectivity index (χ4v) is 8.17. The van der Waals surface area contributed by atoms with Gasteiger partial charge in [0.1, 0.15) is 11.7 Å². The first kappa shape index (κ1) is 31.2. The molecule has 1 N–H and O–H groups in total. The summed E-state index contributed by atoms with van der Waals surface area (Å²) in [5.41, 5.74) is -0.196. The molecule has 0 spiro atoms. The Bertz CT molecular complexity index is 2640. The molecule has 3 unspecified atom stereocenters. The quantitative estimate of drug-likeness (QED) is 0.254. The lowest BCUT2D eigenvalue weighted by atomic mass is 9.95. The third-order valence-electron chi connectivity index (χ3n) is 9.64. The number of nitrogens with zero attached hydrogens (tertiary/aromatic N) is 4. The maximum absolute atomic E-state index is 13.6. The first-order valence-corrected chi connectivity index (χ1v) is 17.8. The zero-order valence-electron chi connectivity index (χ0n) is 26.7. The normalized spacial score (nSPS) is 21.2. The number of alkyl halides is 3. The van der Waals surface area contributed by atoms with Gasteiger partial charge < -0.3 is 9.88 Å². The van der Waals surface area contributed by atoms with Crippen molar-refractivity contribution in [2.75, 3.05) is 0 Å². The number of halogens is 3. The molecule has 3 atom stereocenters. The highest BCUT2D eigenvalue weighted by Crippen LogP contribution is 2.40. The van der Waals surface area contributed by atoms with Gasteiger partial charge in [0.15, 0.2) is 0 Å². The van der Waals surface area contributed by atoms with E-state index in [1.54, 1.807) is 6.07 Å². The maximum atomic E-state index is 13.6. The van der Waals surface area contributed by atoms with Crippen molar-refractivity contribution in [3.8, 4) is 5.69 Å². The topological polar surface area (TPSA) is 79.1 Å². The molecular formula is C40H28F3N5O2S. The number of hydrogen-bond donors (Lipinski definition) is 1. The second-order valence-electron chi connectivity index (χ2n) is 12.6. The van der Waals surface area contributed by atoms with Gasteiger partial charge in [-0.3, -0.25) is 0 Å². The van der Waals surface area contributed by atoms with Crippen LogP contribution >= 0.6 is 0 Å². The molecule has 7 nitrogen and oxygen atoms in total. The number of nitrogens with one attached hydrogen (secondary N) is 1. The van der Waals surface area contributed by atoms with Gasteiger partial charge in [0.25, 0.3) is 9.84 Å². The zero-order valence-corrected chi connectivity index (χ0v) is 27.6. The van der Waals surface area contributed by atoms with Crippen molar-refractivity contribution in [2.45, 2.75) is 28.8 Å². The Labute approximate surface area is 291 Å². The van der Waals surface area contributed by atoms with E-state index in [9.17, 15) is 21.6 Å². The molecule has 2 aliphatic heterocycles. The number of hydrogen-bond acceptors (Lipinski definition) is 6. The number of sulfone groups is 1. The van der Waals surface area contributed by atoms with E-state index in [4.69, 9.17) is 9.98 Å². The van der Waals surface area contributed by atoms with Crippen LogP contribution in [0.25, 0.3) is 28.7 Å². The standard InChI is InChI=1S/C40H28F3N5O2S/c41-40(42,43)51(49,50)28-17-11-14-26(22-28)38-44-37(25-12-3-1-4-13-25)45-39(46-38)48-34-21-10-8-19-30(34)32-23-35-31(24-36(32)48)29-18-7-9-20-33(29)47(35)27-15-5-2-6-16-27/h1-24,34,36,39H,(H,44,45,46). The van der Waals surface area contributed by atoms with Crippen LogP contribution in [0.2, 0.25) is 0 Å². The molecule has 0 saturated heterocycles. The Hall–Kier alpha value is -5.78. The van der Waals surface area contributed by atoms with Gasteiger partial charge in [-0.1, -0.05) is 109 Å². The number of fused-ring (bicyclic) bond motifs is 5. The summed E-state index contributed by atoms with van der Waals surface area (Å²) in [4.78, 5) is 11.4.